The summed E-state index contributed by atoms with van der Waals surface area (Å²) in [4.78, 5) is 12.2. The van der Waals surface area contributed by atoms with Crippen molar-refractivity contribution in [1.82, 2.24) is 0 Å². The van der Waals surface area contributed by atoms with Crippen molar-refractivity contribution in [2.24, 2.45) is 0 Å². The molecule has 0 aliphatic heterocycles. The SMILES string of the molecule is O=C(C#Cc1ccccc1)c1cccs1. The highest BCUT2D eigenvalue weighted by Gasteiger charge is 2.00. The zero-order chi connectivity index (χ0) is 10.5. The van der Waals surface area contributed by atoms with Crippen molar-refractivity contribution in [3.63, 3.8) is 0 Å². The van der Waals surface area contributed by atoms with Crippen molar-refractivity contribution < 1.29 is 4.79 Å². The molecule has 0 unspecified atom stereocenters. The van der Waals surface area contributed by atoms with Gasteiger partial charge in [-0.15, -0.1) is 11.3 Å². The normalized spacial score (nSPS) is 9.07. The van der Waals surface area contributed by atoms with Crippen molar-refractivity contribution >= 4 is 17.1 Å². The second kappa shape index (κ2) is 4.59. The molecule has 72 valence electrons. The summed E-state index contributed by atoms with van der Waals surface area (Å²) in [6.45, 7) is 0. The van der Waals surface area contributed by atoms with E-state index >= 15 is 0 Å². The summed E-state index contributed by atoms with van der Waals surface area (Å²) >= 11 is 1.41. The highest BCUT2D eigenvalue weighted by Crippen LogP contribution is 2.08. The van der Waals surface area contributed by atoms with Crippen molar-refractivity contribution in [1.29, 1.82) is 0 Å². The molecule has 0 bridgehead atoms. The Hall–Kier alpha value is -1.85. The fourth-order valence-electron chi connectivity index (χ4n) is 1.12. The van der Waals surface area contributed by atoms with E-state index in [1.807, 2.05) is 41.8 Å². The molecule has 1 aromatic heterocycles. The van der Waals surface area contributed by atoms with Gasteiger partial charge < -0.3 is 0 Å². The van der Waals surface area contributed by atoms with Gasteiger partial charge in [0.1, 0.15) is 0 Å². The second-order valence-electron chi connectivity index (χ2n) is 2.92. The summed E-state index contributed by atoms with van der Waals surface area (Å²) in [6.07, 6.45) is 0. The number of thiophene rings is 1. The van der Waals surface area contributed by atoms with Crippen molar-refractivity contribution in [2.45, 2.75) is 0 Å². The molecule has 15 heavy (non-hydrogen) atoms. The highest BCUT2D eigenvalue weighted by atomic mass is 32.1. The van der Waals surface area contributed by atoms with Crippen LogP contribution < -0.4 is 0 Å². The Labute approximate surface area is 92.4 Å². The van der Waals surface area contributed by atoms with Gasteiger partial charge >= 0.3 is 0 Å². The summed E-state index contributed by atoms with van der Waals surface area (Å²) in [7, 11) is 0. The summed E-state index contributed by atoms with van der Waals surface area (Å²) in [5.41, 5.74) is 0.863. The number of hydrogen-bond donors (Lipinski definition) is 0. The van der Waals surface area contributed by atoms with Crippen molar-refractivity contribution in [3.8, 4) is 11.8 Å². The molecular weight excluding hydrogens is 204 g/mol. The smallest absolute Gasteiger partial charge is 0.246 e. The molecule has 0 fully saturated rings. The van der Waals surface area contributed by atoms with E-state index < -0.39 is 0 Å². The Kier molecular flexibility index (Phi) is 2.96. The van der Waals surface area contributed by atoms with E-state index in [2.05, 4.69) is 11.8 Å². The minimum atomic E-state index is -0.117. The highest BCUT2D eigenvalue weighted by molar-refractivity contribution is 7.12. The van der Waals surface area contributed by atoms with E-state index in [1.165, 1.54) is 11.3 Å². The Morgan fingerprint density at radius 3 is 2.53 bits per heavy atom. The molecule has 0 aliphatic carbocycles. The van der Waals surface area contributed by atoms with E-state index in [4.69, 9.17) is 0 Å². The standard InChI is InChI=1S/C13H8OS/c14-12(13-7-4-10-15-13)9-8-11-5-2-1-3-6-11/h1-7,10H. The Balaban J connectivity index is 2.17. The molecule has 0 amide bonds. The summed E-state index contributed by atoms with van der Waals surface area (Å²) in [5, 5.41) is 1.87. The van der Waals surface area contributed by atoms with E-state index in [0.29, 0.717) is 4.88 Å². The van der Waals surface area contributed by atoms with Gasteiger partial charge in [0.25, 0.3) is 0 Å². The maximum atomic E-state index is 11.5. The van der Waals surface area contributed by atoms with Gasteiger partial charge in [0.2, 0.25) is 5.78 Å². The first-order valence-electron chi connectivity index (χ1n) is 4.51. The number of rotatable bonds is 1. The van der Waals surface area contributed by atoms with Gasteiger partial charge in [-0.3, -0.25) is 4.79 Å². The average molecular weight is 212 g/mol. The largest absolute Gasteiger partial charge is 0.278 e. The first-order valence-corrected chi connectivity index (χ1v) is 5.39. The zero-order valence-electron chi connectivity index (χ0n) is 7.94. The predicted molar refractivity (Wildman–Crippen MR) is 62.0 cm³/mol. The topological polar surface area (TPSA) is 17.1 Å². The molecule has 0 saturated carbocycles. The third-order valence-electron chi connectivity index (χ3n) is 1.84. The van der Waals surface area contributed by atoms with E-state index in [0.717, 1.165) is 5.56 Å². The van der Waals surface area contributed by atoms with Gasteiger partial charge in [-0.2, -0.15) is 0 Å². The molecule has 0 saturated heterocycles. The predicted octanol–water partition coefficient (Wildman–Crippen LogP) is 2.98. The van der Waals surface area contributed by atoms with Crippen LogP contribution in [-0.4, -0.2) is 5.78 Å². The second-order valence-corrected chi connectivity index (χ2v) is 3.87. The van der Waals surface area contributed by atoms with Crippen LogP contribution in [0.15, 0.2) is 47.8 Å². The molecule has 2 aromatic rings. The molecule has 0 aliphatic rings. The van der Waals surface area contributed by atoms with Crippen LogP contribution in [0, 0.1) is 11.8 Å². The maximum Gasteiger partial charge on any atom is 0.246 e. The van der Waals surface area contributed by atoms with Gasteiger partial charge in [-0.05, 0) is 29.5 Å². The van der Waals surface area contributed by atoms with Crippen molar-refractivity contribution in [2.75, 3.05) is 0 Å². The van der Waals surface area contributed by atoms with Crippen LogP contribution in [0.3, 0.4) is 0 Å². The lowest BCUT2D eigenvalue weighted by Crippen LogP contribution is -1.89. The Morgan fingerprint density at radius 1 is 1.07 bits per heavy atom. The van der Waals surface area contributed by atoms with Crippen molar-refractivity contribution in [3.05, 3.63) is 58.3 Å². The maximum absolute atomic E-state index is 11.5. The van der Waals surface area contributed by atoms with Crippen LogP contribution in [0.1, 0.15) is 15.2 Å². The van der Waals surface area contributed by atoms with Gasteiger partial charge in [0.05, 0.1) is 4.88 Å². The minimum Gasteiger partial charge on any atom is -0.278 e. The molecule has 0 atom stereocenters. The molecule has 0 N–H and O–H groups in total. The van der Waals surface area contributed by atoms with E-state index in [-0.39, 0.29) is 5.78 Å². The lowest BCUT2D eigenvalue weighted by atomic mass is 10.2. The number of carbonyl (C=O) groups is 1. The zero-order valence-corrected chi connectivity index (χ0v) is 8.75. The van der Waals surface area contributed by atoms with Gasteiger partial charge in [-0.1, -0.05) is 30.2 Å². The number of ketones is 1. The minimum absolute atomic E-state index is 0.117. The fourth-order valence-corrected chi connectivity index (χ4v) is 1.74. The Morgan fingerprint density at radius 2 is 1.87 bits per heavy atom. The van der Waals surface area contributed by atoms with Gasteiger partial charge in [0, 0.05) is 5.56 Å². The molecule has 0 spiro atoms. The summed E-state index contributed by atoms with van der Waals surface area (Å²) in [6, 6.07) is 13.1. The van der Waals surface area contributed by atoms with Crippen LogP contribution in [0.5, 0.6) is 0 Å². The van der Waals surface area contributed by atoms with Crippen LogP contribution in [0.25, 0.3) is 0 Å². The Bertz CT molecular complexity index is 500. The molecule has 1 heterocycles. The number of benzene rings is 1. The average Bonchev–Trinajstić information content (AvgIpc) is 2.81. The summed E-state index contributed by atoms with van der Waals surface area (Å²) in [5.74, 6) is 5.35. The lowest BCUT2D eigenvalue weighted by molar-refractivity contribution is 0.106. The monoisotopic (exact) mass is 212 g/mol. The molecule has 1 aromatic carbocycles. The third kappa shape index (κ3) is 2.55. The summed E-state index contributed by atoms with van der Waals surface area (Å²) < 4.78 is 0. The number of hydrogen-bond acceptors (Lipinski definition) is 2. The van der Waals surface area contributed by atoms with E-state index in [9.17, 15) is 4.79 Å². The molecular formula is C13H8OS. The molecule has 2 rings (SSSR count). The molecule has 0 radical (unpaired) electrons. The molecule has 2 heteroatoms. The lowest BCUT2D eigenvalue weighted by Gasteiger charge is -1.86. The first-order chi connectivity index (χ1) is 7.36. The van der Waals surface area contributed by atoms with Crippen LogP contribution in [0.2, 0.25) is 0 Å². The van der Waals surface area contributed by atoms with Gasteiger partial charge in [0.15, 0.2) is 0 Å². The van der Waals surface area contributed by atoms with Crippen LogP contribution in [0.4, 0.5) is 0 Å². The fraction of sp³-hybridized carbons (Fsp3) is 0. The van der Waals surface area contributed by atoms with Crippen LogP contribution in [-0.2, 0) is 0 Å². The first kappa shape index (κ1) is 9.70. The third-order valence-corrected chi connectivity index (χ3v) is 2.71. The van der Waals surface area contributed by atoms with E-state index in [1.54, 1.807) is 6.07 Å². The number of Topliss-reactive ketones (excluding diaryl/α,β-unsaturated/α-hetero) is 1. The van der Waals surface area contributed by atoms with Gasteiger partial charge in [-0.25, -0.2) is 0 Å². The number of carbonyl (C=O) groups excluding carboxylic acids is 1. The molecule has 1 nitrogen and oxygen atoms in total. The van der Waals surface area contributed by atoms with Crippen LogP contribution >= 0.6 is 11.3 Å². The quantitative estimate of drug-likeness (QED) is 0.524.